The van der Waals surface area contributed by atoms with Gasteiger partial charge in [-0.1, -0.05) is 12.1 Å². The number of aromatic nitrogens is 4. The van der Waals surface area contributed by atoms with Gasteiger partial charge in [0.25, 0.3) is 0 Å². The van der Waals surface area contributed by atoms with Crippen LogP contribution in [0.2, 0.25) is 0 Å². The molecular weight excluding hydrogens is 439 g/mol. The summed E-state index contributed by atoms with van der Waals surface area (Å²) in [6.07, 6.45) is 2.43. The number of benzene rings is 1. The van der Waals surface area contributed by atoms with Crippen molar-refractivity contribution in [3.05, 3.63) is 53.7 Å². The molecule has 6 N–H and O–H groups in total. The van der Waals surface area contributed by atoms with Crippen LogP contribution in [-0.4, -0.2) is 47.5 Å². The average molecular weight is 465 g/mol. The summed E-state index contributed by atoms with van der Waals surface area (Å²) in [5, 5.41) is 24.0. The molecule has 0 amide bonds. The number of halogens is 1. The van der Waals surface area contributed by atoms with Crippen molar-refractivity contribution in [2.45, 2.75) is 50.2 Å². The van der Waals surface area contributed by atoms with E-state index >= 15 is 0 Å². The fourth-order valence-corrected chi connectivity index (χ4v) is 5.69. The van der Waals surface area contributed by atoms with Gasteiger partial charge in [-0.15, -0.1) is 0 Å². The van der Waals surface area contributed by atoms with Crippen molar-refractivity contribution in [3.63, 3.8) is 0 Å². The largest absolute Gasteiger partial charge is 0.385 e. The molecule has 0 radical (unpaired) electrons. The standard InChI is InChI=1S/C24H25FN6O3/c1-11-9-31(22-17(11)21(27)28-10-29-22)23-18(32)24(33)5-4-14(19(24)34-23)6-12-2-3-13-8-15(25)20(26)30-16(13)7-12/h2-3,7-10,14,18-19,23,32-33H,4-6H2,1H3,(H2,26,30)(H2,27,28,29)/t14-,18-,19+,23+,24-/m0/s1. The quantitative estimate of drug-likeness (QED) is 0.361. The highest BCUT2D eigenvalue weighted by Gasteiger charge is 2.61. The third-order valence-corrected chi connectivity index (χ3v) is 7.37. The van der Waals surface area contributed by atoms with E-state index in [0.29, 0.717) is 47.0 Å². The number of anilines is 2. The molecule has 6 rings (SSSR count). The van der Waals surface area contributed by atoms with E-state index < -0.39 is 29.9 Å². The minimum atomic E-state index is -1.37. The van der Waals surface area contributed by atoms with Gasteiger partial charge in [-0.3, -0.25) is 0 Å². The van der Waals surface area contributed by atoms with Crippen LogP contribution in [-0.2, 0) is 11.2 Å². The van der Waals surface area contributed by atoms with E-state index in [2.05, 4.69) is 15.0 Å². The van der Waals surface area contributed by atoms with Gasteiger partial charge >= 0.3 is 0 Å². The summed E-state index contributed by atoms with van der Waals surface area (Å²) in [6, 6.07) is 6.99. The summed E-state index contributed by atoms with van der Waals surface area (Å²) < 4.78 is 21.8. The smallest absolute Gasteiger partial charge is 0.165 e. The Hall–Kier alpha value is -3.34. The second-order valence-electron chi connectivity index (χ2n) is 9.45. The fraction of sp³-hybridized carbons (Fsp3) is 0.375. The number of aliphatic hydroxyl groups is 2. The minimum absolute atomic E-state index is 0.0255. The van der Waals surface area contributed by atoms with Gasteiger partial charge in [0, 0.05) is 11.6 Å². The zero-order valence-electron chi connectivity index (χ0n) is 18.5. The van der Waals surface area contributed by atoms with Gasteiger partial charge in [0.05, 0.1) is 17.0 Å². The number of hydrogen-bond donors (Lipinski definition) is 4. The Morgan fingerprint density at radius 2 is 2.06 bits per heavy atom. The van der Waals surface area contributed by atoms with Crippen molar-refractivity contribution in [2.75, 3.05) is 11.5 Å². The molecule has 1 saturated carbocycles. The first-order valence-corrected chi connectivity index (χ1v) is 11.2. The highest BCUT2D eigenvalue weighted by molar-refractivity contribution is 5.89. The SMILES string of the molecule is Cc1cn([C@@H]2O[C@@H]3[C@H](Cc4ccc5cc(F)c(N)nc5c4)CC[C@]3(O)[C@H]2O)c2ncnc(N)c12. The lowest BCUT2D eigenvalue weighted by molar-refractivity contribution is -0.0675. The van der Waals surface area contributed by atoms with Gasteiger partial charge in [0.2, 0.25) is 0 Å². The minimum Gasteiger partial charge on any atom is -0.385 e. The first kappa shape index (κ1) is 21.2. The van der Waals surface area contributed by atoms with Crippen LogP contribution in [0.25, 0.3) is 21.9 Å². The van der Waals surface area contributed by atoms with Gasteiger partial charge < -0.3 is 31.0 Å². The summed E-state index contributed by atoms with van der Waals surface area (Å²) >= 11 is 0. The lowest BCUT2D eigenvalue weighted by Gasteiger charge is -2.26. The van der Waals surface area contributed by atoms with Crippen molar-refractivity contribution in [1.29, 1.82) is 0 Å². The Morgan fingerprint density at radius 3 is 2.88 bits per heavy atom. The zero-order valence-corrected chi connectivity index (χ0v) is 18.5. The van der Waals surface area contributed by atoms with E-state index in [9.17, 15) is 14.6 Å². The number of nitrogen functional groups attached to an aromatic ring is 2. The Morgan fingerprint density at radius 1 is 1.24 bits per heavy atom. The Labute approximate surface area is 194 Å². The molecule has 3 aromatic heterocycles. The average Bonchev–Trinajstić information content (AvgIpc) is 3.39. The molecule has 5 atom stereocenters. The molecule has 0 bridgehead atoms. The number of rotatable bonds is 3. The lowest BCUT2D eigenvalue weighted by atomic mass is 9.90. The highest BCUT2D eigenvalue weighted by atomic mass is 19.1. The van der Waals surface area contributed by atoms with E-state index in [1.165, 1.54) is 12.4 Å². The van der Waals surface area contributed by atoms with E-state index in [1.807, 2.05) is 31.3 Å². The summed E-state index contributed by atoms with van der Waals surface area (Å²) in [5.74, 6) is -0.345. The van der Waals surface area contributed by atoms with E-state index in [-0.39, 0.29) is 11.7 Å². The number of nitrogens with zero attached hydrogens (tertiary/aromatic N) is 4. The van der Waals surface area contributed by atoms with Gasteiger partial charge in [0.1, 0.15) is 29.5 Å². The zero-order chi connectivity index (χ0) is 23.8. The maximum atomic E-state index is 13.7. The molecule has 4 heterocycles. The molecule has 1 aromatic carbocycles. The van der Waals surface area contributed by atoms with Crippen LogP contribution in [0.1, 0.15) is 30.2 Å². The molecule has 1 aliphatic heterocycles. The number of aliphatic hydroxyl groups excluding tert-OH is 1. The summed E-state index contributed by atoms with van der Waals surface area (Å²) in [4.78, 5) is 12.5. The first-order valence-electron chi connectivity index (χ1n) is 11.2. The predicted molar refractivity (Wildman–Crippen MR) is 124 cm³/mol. The molecule has 176 valence electrons. The van der Waals surface area contributed by atoms with Gasteiger partial charge in [-0.25, -0.2) is 19.3 Å². The van der Waals surface area contributed by atoms with Crippen molar-refractivity contribution >= 4 is 33.6 Å². The number of hydrogen-bond acceptors (Lipinski definition) is 8. The molecule has 34 heavy (non-hydrogen) atoms. The van der Waals surface area contributed by atoms with Gasteiger partial charge in [-0.2, -0.15) is 0 Å². The molecule has 2 fully saturated rings. The van der Waals surface area contributed by atoms with Crippen molar-refractivity contribution in [1.82, 2.24) is 19.5 Å². The van der Waals surface area contributed by atoms with Gasteiger partial charge in [-0.05, 0) is 55.4 Å². The number of ether oxygens (including phenoxy) is 1. The van der Waals surface area contributed by atoms with Crippen molar-refractivity contribution in [3.8, 4) is 0 Å². The molecule has 1 saturated heterocycles. The number of fused-ring (bicyclic) bond motifs is 3. The summed E-state index contributed by atoms with van der Waals surface area (Å²) in [6.45, 7) is 1.89. The molecule has 0 spiro atoms. The molecule has 9 nitrogen and oxygen atoms in total. The molecule has 0 unspecified atom stereocenters. The van der Waals surface area contributed by atoms with Crippen LogP contribution in [0, 0.1) is 18.7 Å². The maximum absolute atomic E-state index is 13.7. The Balaban J connectivity index is 1.31. The fourth-order valence-electron chi connectivity index (χ4n) is 5.69. The predicted octanol–water partition coefficient (Wildman–Crippen LogP) is 2.23. The first-order chi connectivity index (χ1) is 16.3. The van der Waals surface area contributed by atoms with Crippen molar-refractivity contribution in [2.24, 2.45) is 5.92 Å². The Bertz CT molecular complexity index is 1440. The normalized spacial score (nSPS) is 28.7. The van der Waals surface area contributed by atoms with Crippen LogP contribution in [0.5, 0.6) is 0 Å². The van der Waals surface area contributed by atoms with E-state index in [1.54, 1.807) is 4.57 Å². The van der Waals surface area contributed by atoms with Crippen LogP contribution < -0.4 is 11.5 Å². The third-order valence-electron chi connectivity index (χ3n) is 7.37. The van der Waals surface area contributed by atoms with Crippen molar-refractivity contribution < 1.29 is 19.3 Å². The number of nitrogens with two attached hydrogens (primary N) is 2. The Kier molecular flexibility index (Phi) is 4.57. The number of aryl methyl sites for hydroxylation is 1. The molecule has 1 aliphatic carbocycles. The topological polar surface area (TPSA) is 145 Å². The van der Waals surface area contributed by atoms with E-state index in [4.69, 9.17) is 16.2 Å². The summed E-state index contributed by atoms with van der Waals surface area (Å²) in [5.41, 5.74) is 13.3. The molecule has 4 aromatic rings. The highest BCUT2D eigenvalue weighted by Crippen LogP contribution is 2.51. The lowest BCUT2D eigenvalue weighted by Crippen LogP contribution is -2.45. The molecule has 10 heteroatoms. The maximum Gasteiger partial charge on any atom is 0.165 e. The monoisotopic (exact) mass is 464 g/mol. The van der Waals surface area contributed by atoms with E-state index in [0.717, 1.165) is 11.1 Å². The summed E-state index contributed by atoms with van der Waals surface area (Å²) in [7, 11) is 0. The molecular formula is C24H25FN6O3. The van der Waals surface area contributed by atoms with Crippen LogP contribution >= 0.6 is 0 Å². The van der Waals surface area contributed by atoms with Gasteiger partial charge in [0.15, 0.2) is 17.9 Å². The van der Waals surface area contributed by atoms with Crippen LogP contribution in [0.4, 0.5) is 16.0 Å². The second kappa shape index (κ2) is 7.33. The third kappa shape index (κ3) is 2.99. The second-order valence-corrected chi connectivity index (χ2v) is 9.45. The van der Waals surface area contributed by atoms with Crippen LogP contribution in [0.3, 0.4) is 0 Å². The number of pyridine rings is 1. The molecule has 2 aliphatic rings. The van der Waals surface area contributed by atoms with Crippen LogP contribution in [0.15, 0.2) is 36.8 Å².